The summed E-state index contributed by atoms with van der Waals surface area (Å²) < 4.78 is 5.06. The van der Waals surface area contributed by atoms with Crippen molar-refractivity contribution < 1.29 is 9.84 Å². The summed E-state index contributed by atoms with van der Waals surface area (Å²) in [5, 5.41) is 10.3. The highest BCUT2D eigenvalue weighted by molar-refractivity contribution is 5.18. The standard InChI is InChI=1S/C16H20N4O2/c1-22-16-3-2-12(7-19-16)9-20-10-13(15(21)11-20)6-14-8-17-4-5-18-14/h2-5,7-8,13,15,21H,6,9-11H2,1H3/t13-,15-/m1/s1. The fraction of sp³-hybridized carbons (Fsp3) is 0.438. The molecule has 0 unspecified atom stereocenters. The van der Waals surface area contributed by atoms with Crippen LogP contribution in [0.2, 0.25) is 0 Å². The van der Waals surface area contributed by atoms with Crippen LogP contribution in [0.5, 0.6) is 5.88 Å². The fourth-order valence-corrected chi connectivity index (χ4v) is 2.86. The molecule has 0 bridgehead atoms. The number of rotatable bonds is 5. The van der Waals surface area contributed by atoms with Crippen LogP contribution < -0.4 is 4.74 Å². The van der Waals surface area contributed by atoms with Crippen molar-refractivity contribution in [2.45, 2.75) is 19.1 Å². The van der Waals surface area contributed by atoms with Crippen LogP contribution in [-0.4, -0.2) is 51.3 Å². The second-order valence-corrected chi connectivity index (χ2v) is 5.63. The Morgan fingerprint density at radius 2 is 2.14 bits per heavy atom. The minimum Gasteiger partial charge on any atom is -0.481 e. The Morgan fingerprint density at radius 1 is 1.23 bits per heavy atom. The Balaban J connectivity index is 1.58. The average molecular weight is 300 g/mol. The Bertz CT molecular complexity index is 591. The highest BCUT2D eigenvalue weighted by Gasteiger charge is 2.31. The Kier molecular flexibility index (Phi) is 4.60. The SMILES string of the molecule is COc1ccc(CN2C[C@@H](Cc3cnccn3)[C@H](O)C2)cn1. The molecule has 0 amide bonds. The molecule has 6 nitrogen and oxygen atoms in total. The van der Waals surface area contributed by atoms with Gasteiger partial charge in [-0.15, -0.1) is 0 Å². The van der Waals surface area contributed by atoms with E-state index in [-0.39, 0.29) is 12.0 Å². The lowest BCUT2D eigenvalue weighted by Gasteiger charge is -2.15. The van der Waals surface area contributed by atoms with Crippen LogP contribution in [0.3, 0.4) is 0 Å². The van der Waals surface area contributed by atoms with Crippen LogP contribution in [0.25, 0.3) is 0 Å². The molecule has 1 aliphatic rings. The lowest BCUT2D eigenvalue weighted by atomic mass is 10.0. The molecule has 0 saturated carbocycles. The van der Waals surface area contributed by atoms with E-state index in [2.05, 4.69) is 19.9 Å². The highest BCUT2D eigenvalue weighted by Crippen LogP contribution is 2.22. The van der Waals surface area contributed by atoms with E-state index in [1.54, 1.807) is 25.7 Å². The number of aliphatic hydroxyl groups excluding tert-OH is 1. The number of hydrogen-bond donors (Lipinski definition) is 1. The third kappa shape index (κ3) is 3.58. The van der Waals surface area contributed by atoms with Gasteiger partial charge in [0.1, 0.15) is 0 Å². The van der Waals surface area contributed by atoms with Crippen molar-refractivity contribution in [1.29, 1.82) is 0 Å². The normalized spacial score (nSPS) is 21.9. The summed E-state index contributed by atoms with van der Waals surface area (Å²) in [6, 6.07) is 3.87. The van der Waals surface area contributed by atoms with E-state index in [0.29, 0.717) is 12.4 Å². The molecule has 22 heavy (non-hydrogen) atoms. The number of likely N-dealkylation sites (tertiary alicyclic amines) is 1. The van der Waals surface area contributed by atoms with Gasteiger partial charge >= 0.3 is 0 Å². The van der Waals surface area contributed by atoms with Gasteiger partial charge in [0.25, 0.3) is 0 Å². The van der Waals surface area contributed by atoms with Crippen molar-refractivity contribution >= 4 is 0 Å². The molecule has 3 rings (SSSR count). The molecule has 0 radical (unpaired) electrons. The largest absolute Gasteiger partial charge is 0.481 e. The topological polar surface area (TPSA) is 71.4 Å². The molecule has 1 fully saturated rings. The van der Waals surface area contributed by atoms with Gasteiger partial charge in [0.2, 0.25) is 5.88 Å². The number of aliphatic hydroxyl groups is 1. The van der Waals surface area contributed by atoms with E-state index >= 15 is 0 Å². The number of aromatic nitrogens is 3. The molecule has 2 aromatic rings. The van der Waals surface area contributed by atoms with E-state index in [0.717, 1.165) is 30.8 Å². The van der Waals surface area contributed by atoms with E-state index in [1.807, 2.05) is 18.3 Å². The highest BCUT2D eigenvalue weighted by atomic mass is 16.5. The summed E-state index contributed by atoms with van der Waals surface area (Å²) in [7, 11) is 1.61. The molecule has 1 aliphatic heterocycles. The summed E-state index contributed by atoms with van der Waals surface area (Å²) in [6.07, 6.45) is 7.37. The molecule has 6 heteroatoms. The minimum absolute atomic E-state index is 0.197. The van der Waals surface area contributed by atoms with Crippen LogP contribution in [0, 0.1) is 5.92 Å². The van der Waals surface area contributed by atoms with Crippen LogP contribution in [0.15, 0.2) is 36.9 Å². The average Bonchev–Trinajstić information content (AvgIpc) is 2.88. The number of methoxy groups -OCH3 is 1. The Hall–Kier alpha value is -2.05. The lowest BCUT2D eigenvalue weighted by molar-refractivity contribution is 0.140. The predicted molar refractivity (Wildman–Crippen MR) is 81.3 cm³/mol. The Morgan fingerprint density at radius 3 is 2.82 bits per heavy atom. The van der Waals surface area contributed by atoms with Crippen molar-refractivity contribution in [1.82, 2.24) is 19.9 Å². The third-order valence-electron chi connectivity index (χ3n) is 3.98. The summed E-state index contributed by atoms with van der Waals surface area (Å²) in [5.41, 5.74) is 2.05. The van der Waals surface area contributed by atoms with Gasteiger partial charge in [-0.25, -0.2) is 4.98 Å². The molecule has 0 spiro atoms. The van der Waals surface area contributed by atoms with Gasteiger partial charge in [0.05, 0.1) is 18.9 Å². The summed E-state index contributed by atoms with van der Waals surface area (Å²) in [5.74, 6) is 0.814. The quantitative estimate of drug-likeness (QED) is 0.885. The molecular weight excluding hydrogens is 280 g/mol. The first-order chi connectivity index (χ1) is 10.7. The van der Waals surface area contributed by atoms with Crippen LogP contribution in [0.1, 0.15) is 11.3 Å². The predicted octanol–water partition coefficient (Wildman–Crippen LogP) is 0.916. The van der Waals surface area contributed by atoms with E-state index < -0.39 is 0 Å². The molecule has 2 atom stereocenters. The number of hydrogen-bond acceptors (Lipinski definition) is 6. The van der Waals surface area contributed by atoms with E-state index in [9.17, 15) is 5.11 Å². The maximum atomic E-state index is 10.3. The molecule has 0 aliphatic carbocycles. The second kappa shape index (κ2) is 6.81. The van der Waals surface area contributed by atoms with Crippen molar-refractivity contribution in [2.24, 2.45) is 5.92 Å². The summed E-state index contributed by atoms with van der Waals surface area (Å²) >= 11 is 0. The van der Waals surface area contributed by atoms with Gasteiger partial charge in [-0.3, -0.25) is 14.9 Å². The number of β-amino-alcohol motifs (C(OH)–C–C–N with tert-alkyl or cyclic N) is 1. The molecular formula is C16H20N4O2. The Labute approximate surface area is 129 Å². The second-order valence-electron chi connectivity index (χ2n) is 5.63. The van der Waals surface area contributed by atoms with E-state index in [1.165, 1.54) is 0 Å². The smallest absolute Gasteiger partial charge is 0.212 e. The minimum atomic E-state index is -0.326. The number of ether oxygens (including phenoxy) is 1. The van der Waals surface area contributed by atoms with Crippen LogP contribution in [0.4, 0.5) is 0 Å². The van der Waals surface area contributed by atoms with Gasteiger partial charge < -0.3 is 9.84 Å². The molecule has 1 saturated heterocycles. The maximum Gasteiger partial charge on any atom is 0.212 e. The van der Waals surface area contributed by atoms with Crippen LogP contribution >= 0.6 is 0 Å². The molecule has 1 N–H and O–H groups in total. The van der Waals surface area contributed by atoms with Crippen LogP contribution in [-0.2, 0) is 13.0 Å². The first-order valence-electron chi connectivity index (χ1n) is 7.39. The van der Waals surface area contributed by atoms with Crippen molar-refractivity contribution in [3.05, 3.63) is 48.2 Å². The molecule has 2 aromatic heterocycles. The van der Waals surface area contributed by atoms with Crippen molar-refractivity contribution in [2.75, 3.05) is 20.2 Å². The van der Waals surface area contributed by atoms with Crippen molar-refractivity contribution in [3.8, 4) is 5.88 Å². The molecule has 3 heterocycles. The lowest BCUT2D eigenvalue weighted by Crippen LogP contribution is -2.21. The summed E-state index contributed by atoms with van der Waals surface area (Å²) in [6.45, 7) is 2.31. The van der Waals surface area contributed by atoms with Gasteiger partial charge in [-0.05, 0) is 12.0 Å². The first kappa shape index (κ1) is 14.9. The van der Waals surface area contributed by atoms with Gasteiger partial charge in [0, 0.05) is 56.4 Å². The fourth-order valence-electron chi connectivity index (χ4n) is 2.86. The van der Waals surface area contributed by atoms with Gasteiger partial charge in [-0.1, -0.05) is 6.07 Å². The van der Waals surface area contributed by atoms with Gasteiger partial charge in [0.15, 0.2) is 0 Å². The number of pyridine rings is 1. The molecule has 116 valence electrons. The summed E-state index contributed by atoms with van der Waals surface area (Å²) in [4.78, 5) is 14.8. The first-order valence-corrected chi connectivity index (χ1v) is 7.39. The van der Waals surface area contributed by atoms with E-state index in [4.69, 9.17) is 4.74 Å². The maximum absolute atomic E-state index is 10.3. The number of nitrogens with zero attached hydrogens (tertiary/aromatic N) is 4. The zero-order valence-electron chi connectivity index (χ0n) is 12.6. The zero-order chi connectivity index (χ0) is 15.4. The van der Waals surface area contributed by atoms with Gasteiger partial charge in [-0.2, -0.15) is 0 Å². The van der Waals surface area contributed by atoms with Crippen molar-refractivity contribution in [3.63, 3.8) is 0 Å². The zero-order valence-corrected chi connectivity index (χ0v) is 12.6. The third-order valence-corrected chi connectivity index (χ3v) is 3.98. The monoisotopic (exact) mass is 300 g/mol. The molecule has 0 aromatic carbocycles.